The Bertz CT molecular complexity index is 893. The zero-order valence-corrected chi connectivity index (χ0v) is 16.5. The van der Waals surface area contributed by atoms with Crippen molar-refractivity contribution < 1.29 is 22.0 Å². The molecule has 2 rings (SSSR count). The molecule has 0 bridgehead atoms. The Kier molecular flexibility index (Phi) is 7.20. The molecule has 0 aromatic heterocycles. The van der Waals surface area contributed by atoms with Gasteiger partial charge in [-0.25, -0.2) is 17.2 Å². The summed E-state index contributed by atoms with van der Waals surface area (Å²) in [4.78, 5) is 13.4. The lowest BCUT2D eigenvalue weighted by molar-refractivity contribution is -0.121. The topological polar surface area (TPSA) is 66.5 Å². The molecule has 2 aromatic carbocycles. The van der Waals surface area contributed by atoms with E-state index in [1.54, 1.807) is 11.8 Å². The Balaban J connectivity index is 2.03. The molecule has 0 radical (unpaired) electrons. The molecule has 0 fully saturated rings. The monoisotopic (exact) mass is 414 g/mol. The minimum Gasteiger partial charge on any atom is -0.353 e. The highest BCUT2D eigenvalue weighted by atomic mass is 32.2. The summed E-state index contributed by atoms with van der Waals surface area (Å²) in [7, 11) is -3.89. The molecule has 27 heavy (non-hydrogen) atoms. The van der Waals surface area contributed by atoms with Crippen molar-refractivity contribution in [2.75, 3.05) is 22.9 Å². The number of nitrogens with one attached hydrogen (secondary N) is 1. The molecule has 0 saturated heterocycles. The fourth-order valence-corrected chi connectivity index (χ4v) is 4.39. The first-order chi connectivity index (χ1) is 12.7. The van der Waals surface area contributed by atoms with Crippen LogP contribution in [0.4, 0.5) is 14.5 Å². The van der Waals surface area contributed by atoms with Gasteiger partial charge in [0.05, 0.1) is 11.9 Å². The summed E-state index contributed by atoms with van der Waals surface area (Å²) in [5.74, 6) is -2.21. The van der Waals surface area contributed by atoms with E-state index >= 15 is 0 Å². The summed E-state index contributed by atoms with van der Waals surface area (Å²) in [6.07, 6.45) is 0.906. The number of carbonyl (C=O) groups is 1. The zero-order valence-electron chi connectivity index (χ0n) is 14.9. The Morgan fingerprint density at radius 3 is 2.41 bits per heavy atom. The summed E-state index contributed by atoms with van der Waals surface area (Å²) in [6, 6.07) is 11.2. The average Bonchev–Trinajstić information content (AvgIpc) is 2.61. The van der Waals surface area contributed by atoms with Crippen molar-refractivity contribution >= 4 is 33.4 Å². The van der Waals surface area contributed by atoms with Crippen molar-refractivity contribution in [2.24, 2.45) is 0 Å². The van der Waals surface area contributed by atoms with E-state index in [0.29, 0.717) is 12.3 Å². The van der Waals surface area contributed by atoms with Crippen LogP contribution in [-0.2, 0) is 14.8 Å². The molecule has 0 heterocycles. The van der Waals surface area contributed by atoms with E-state index in [4.69, 9.17) is 0 Å². The number of nitrogens with zero attached hydrogens (tertiary/aromatic N) is 1. The van der Waals surface area contributed by atoms with Gasteiger partial charge in [0.15, 0.2) is 11.6 Å². The number of sulfonamides is 1. The number of benzene rings is 2. The van der Waals surface area contributed by atoms with Gasteiger partial charge in [-0.15, -0.1) is 11.8 Å². The predicted octanol–water partition coefficient (Wildman–Crippen LogP) is 3.03. The van der Waals surface area contributed by atoms with Crippen LogP contribution in [0.3, 0.4) is 0 Å². The standard InChI is InChI=1S/C18H20F2N2O3S2/c1-13(18(23)21-10-11-26-15-6-4-3-5-7-15)22(27(2,24)25)14-8-9-16(19)17(20)12-14/h3-9,12-13H,10-11H2,1-2H3,(H,21,23)/t13-/m1/s1. The average molecular weight is 414 g/mol. The smallest absolute Gasteiger partial charge is 0.243 e. The van der Waals surface area contributed by atoms with Crippen molar-refractivity contribution in [3.05, 3.63) is 60.2 Å². The minimum atomic E-state index is -3.89. The second kappa shape index (κ2) is 9.18. The van der Waals surface area contributed by atoms with E-state index in [0.717, 1.165) is 33.7 Å². The van der Waals surface area contributed by atoms with Crippen LogP contribution < -0.4 is 9.62 Å². The Morgan fingerprint density at radius 1 is 1.15 bits per heavy atom. The maximum Gasteiger partial charge on any atom is 0.243 e. The van der Waals surface area contributed by atoms with E-state index in [2.05, 4.69) is 5.32 Å². The molecule has 1 N–H and O–H groups in total. The number of rotatable bonds is 8. The highest BCUT2D eigenvalue weighted by Gasteiger charge is 2.29. The fraction of sp³-hybridized carbons (Fsp3) is 0.278. The zero-order chi connectivity index (χ0) is 20.0. The third-order valence-electron chi connectivity index (χ3n) is 3.66. The van der Waals surface area contributed by atoms with Crippen LogP contribution in [0.1, 0.15) is 6.92 Å². The number of amides is 1. The lowest BCUT2D eigenvalue weighted by Crippen LogP contribution is -2.48. The van der Waals surface area contributed by atoms with Crippen molar-refractivity contribution in [3.63, 3.8) is 0 Å². The van der Waals surface area contributed by atoms with Gasteiger partial charge in [0.25, 0.3) is 0 Å². The number of anilines is 1. The predicted molar refractivity (Wildman–Crippen MR) is 103 cm³/mol. The maximum atomic E-state index is 13.5. The third kappa shape index (κ3) is 5.93. The molecule has 0 aliphatic heterocycles. The summed E-state index contributed by atoms with van der Waals surface area (Å²) in [5.41, 5.74) is -0.113. The van der Waals surface area contributed by atoms with E-state index in [1.165, 1.54) is 6.92 Å². The lowest BCUT2D eigenvalue weighted by atomic mass is 10.2. The SMILES string of the molecule is C[C@H](C(=O)NCCSc1ccccc1)N(c1ccc(F)c(F)c1)S(C)(=O)=O. The van der Waals surface area contributed by atoms with E-state index in [9.17, 15) is 22.0 Å². The molecule has 0 saturated carbocycles. The molecular weight excluding hydrogens is 394 g/mol. The first-order valence-corrected chi connectivity index (χ1v) is 10.9. The third-order valence-corrected chi connectivity index (χ3v) is 5.91. The lowest BCUT2D eigenvalue weighted by Gasteiger charge is -2.28. The molecule has 2 aromatic rings. The van der Waals surface area contributed by atoms with Crippen LogP contribution in [-0.4, -0.2) is 38.9 Å². The molecule has 5 nitrogen and oxygen atoms in total. The molecular formula is C18H20F2N2O3S2. The summed E-state index contributed by atoms with van der Waals surface area (Å²) in [6.45, 7) is 1.72. The molecule has 9 heteroatoms. The van der Waals surface area contributed by atoms with Gasteiger partial charge in [-0.3, -0.25) is 9.10 Å². The molecule has 0 unspecified atom stereocenters. The number of hydrogen-bond acceptors (Lipinski definition) is 4. The van der Waals surface area contributed by atoms with Gasteiger partial charge in [-0.05, 0) is 31.2 Å². The second-order valence-electron chi connectivity index (χ2n) is 5.79. The minimum absolute atomic E-state index is 0.113. The van der Waals surface area contributed by atoms with Gasteiger partial charge < -0.3 is 5.32 Å². The summed E-state index contributed by atoms with van der Waals surface area (Å²) in [5, 5.41) is 2.67. The highest BCUT2D eigenvalue weighted by molar-refractivity contribution is 7.99. The maximum absolute atomic E-state index is 13.5. The molecule has 1 amide bonds. The van der Waals surface area contributed by atoms with Gasteiger partial charge in [0.1, 0.15) is 6.04 Å². The van der Waals surface area contributed by atoms with Crippen LogP contribution in [0.5, 0.6) is 0 Å². The van der Waals surface area contributed by atoms with Crippen molar-refractivity contribution in [1.29, 1.82) is 0 Å². The van der Waals surface area contributed by atoms with Gasteiger partial charge in [-0.1, -0.05) is 18.2 Å². The van der Waals surface area contributed by atoms with Crippen molar-refractivity contribution in [1.82, 2.24) is 5.32 Å². The molecule has 0 aliphatic rings. The van der Waals surface area contributed by atoms with E-state index in [-0.39, 0.29) is 5.69 Å². The highest BCUT2D eigenvalue weighted by Crippen LogP contribution is 2.23. The van der Waals surface area contributed by atoms with Crippen LogP contribution in [0.25, 0.3) is 0 Å². The van der Waals surface area contributed by atoms with Gasteiger partial charge in [-0.2, -0.15) is 0 Å². The van der Waals surface area contributed by atoms with Crippen molar-refractivity contribution in [2.45, 2.75) is 17.9 Å². The summed E-state index contributed by atoms with van der Waals surface area (Å²) >= 11 is 1.55. The van der Waals surface area contributed by atoms with Gasteiger partial charge in [0, 0.05) is 23.3 Å². The molecule has 1 atom stereocenters. The van der Waals surface area contributed by atoms with Crippen molar-refractivity contribution in [3.8, 4) is 0 Å². The molecule has 146 valence electrons. The van der Waals surface area contributed by atoms with Crippen LogP contribution in [0, 0.1) is 11.6 Å². The van der Waals surface area contributed by atoms with Gasteiger partial charge >= 0.3 is 0 Å². The molecule has 0 aliphatic carbocycles. The van der Waals surface area contributed by atoms with Crippen LogP contribution in [0.2, 0.25) is 0 Å². The number of thioether (sulfide) groups is 1. The Hall–Kier alpha value is -2.13. The normalized spacial score (nSPS) is 12.4. The number of hydrogen-bond donors (Lipinski definition) is 1. The van der Waals surface area contributed by atoms with E-state index in [1.807, 2.05) is 30.3 Å². The number of halogens is 2. The molecule has 0 spiro atoms. The first-order valence-electron chi connectivity index (χ1n) is 8.10. The Labute approximate surface area is 161 Å². The fourth-order valence-electron chi connectivity index (χ4n) is 2.44. The van der Waals surface area contributed by atoms with Gasteiger partial charge in [0.2, 0.25) is 15.9 Å². The number of carbonyl (C=O) groups excluding carboxylic acids is 1. The quantitative estimate of drug-likeness (QED) is 0.533. The van der Waals surface area contributed by atoms with Crippen LogP contribution in [0.15, 0.2) is 53.4 Å². The van der Waals surface area contributed by atoms with Crippen LogP contribution >= 0.6 is 11.8 Å². The van der Waals surface area contributed by atoms with E-state index < -0.39 is 33.6 Å². The summed E-state index contributed by atoms with van der Waals surface area (Å²) < 4.78 is 51.6. The second-order valence-corrected chi connectivity index (χ2v) is 8.81. The largest absolute Gasteiger partial charge is 0.353 e. The Morgan fingerprint density at radius 2 is 1.81 bits per heavy atom. The first kappa shape index (κ1) is 21.2.